The minimum absolute atomic E-state index is 0.501. The highest BCUT2D eigenvalue weighted by molar-refractivity contribution is 5.72. The highest BCUT2D eigenvalue weighted by Crippen LogP contribution is 2.35. The number of carbonyl (C=O) groups is 1. The number of likely N-dealkylation sites (tertiary alicyclic amines) is 1. The van der Waals surface area contributed by atoms with E-state index in [-0.39, 0.29) is 0 Å². The third-order valence-electron chi connectivity index (χ3n) is 6.71. The first kappa shape index (κ1) is 22.1. The number of ether oxygens (including phenoxy) is 1. The van der Waals surface area contributed by atoms with E-state index in [0.29, 0.717) is 12.6 Å². The number of methoxy groups -OCH3 is 1. The zero-order valence-corrected chi connectivity index (χ0v) is 18.3. The van der Waals surface area contributed by atoms with Gasteiger partial charge in [-0.05, 0) is 100 Å². The summed E-state index contributed by atoms with van der Waals surface area (Å²) < 4.78 is 5.48. The second-order valence-corrected chi connectivity index (χ2v) is 9.08. The molecule has 0 spiro atoms. The van der Waals surface area contributed by atoms with Crippen molar-refractivity contribution in [1.29, 1.82) is 0 Å². The molecule has 3 rings (SSSR count). The van der Waals surface area contributed by atoms with Crippen LogP contribution in [0.2, 0.25) is 0 Å². The molecule has 0 aromatic heterocycles. The number of carboxylic acid groups (broad SMARTS) is 1. The molecule has 0 bridgehead atoms. The summed E-state index contributed by atoms with van der Waals surface area (Å²) in [4.78, 5) is 13.7. The molecule has 29 heavy (non-hydrogen) atoms. The first-order valence-electron chi connectivity index (χ1n) is 11.3. The zero-order valence-electron chi connectivity index (χ0n) is 18.3. The maximum atomic E-state index is 11.0. The van der Waals surface area contributed by atoms with Crippen molar-refractivity contribution in [1.82, 2.24) is 10.2 Å². The normalized spacial score (nSPS) is 23.7. The summed E-state index contributed by atoms with van der Waals surface area (Å²) in [6.45, 7) is 7.34. The summed E-state index contributed by atoms with van der Waals surface area (Å²) in [6.07, 6.45) is 8.44. The Morgan fingerprint density at radius 2 is 2.10 bits per heavy atom. The fourth-order valence-electron chi connectivity index (χ4n) is 4.59. The van der Waals surface area contributed by atoms with E-state index in [1.165, 1.54) is 49.9 Å². The molecule has 1 aliphatic carbocycles. The van der Waals surface area contributed by atoms with Gasteiger partial charge in [0.15, 0.2) is 0 Å². The Morgan fingerprint density at radius 1 is 1.31 bits per heavy atom. The van der Waals surface area contributed by atoms with E-state index in [2.05, 4.69) is 35.3 Å². The molecule has 3 atom stereocenters. The van der Waals surface area contributed by atoms with Crippen LogP contribution in [0.3, 0.4) is 0 Å². The van der Waals surface area contributed by atoms with Crippen molar-refractivity contribution in [2.45, 2.75) is 70.9 Å². The number of hydrogen-bond acceptors (Lipinski definition) is 4. The predicted octanol–water partition coefficient (Wildman–Crippen LogP) is 3.74. The Hall–Kier alpha value is -1.59. The molecular weight excluding hydrogens is 364 g/mol. The molecular formula is C24H38N2O3. The Morgan fingerprint density at radius 3 is 2.79 bits per heavy atom. The minimum Gasteiger partial charge on any atom is -0.497 e. The van der Waals surface area contributed by atoms with Crippen molar-refractivity contribution in [3.8, 4) is 5.75 Å². The van der Waals surface area contributed by atoms with E-state index < -0.39 is 12.0 Å². The van der Waals surface area contributed by atoms with Gasteiger partial charge in [-0.25, -0.2) is 0 Å². The van der Waals surface area contributed by atoms with Gasteiger partial charge in [-0.1, -0.05) is 13.0 Å². The molecule has 1 aliphatic heterocycles. The minimum atomic E-state index is -0.797. The predicted molar refractivity (Wildman–Crippen MR) is 117 cm³/mol. The molecule has 1 aromatic carbocycles. The average Bonchev–Trinajstić information content (AvgIpc) is 3.52. The van der Waals surface area contributed by atoms with Crippen LogP contribution in [-0.2, 0) is 17.6 Å². The van der Waals surface area contributed by atoms with Crippen LogP contribution in [0.4, 0.5) is 0 Å². The van der Waals surface area contributed by atoms with Crippen LogP contribution < -0.4 is 10.1 Å². The Balaban J connectivity index is 1.65. The van der Waals surface area contributed by atoms with E-state index >= 15 is 0 Å². The van der Waals surface area contributed by atoms with E-state index in [1.807, 2.05) is 0 Å². The number of aryl methyl sites for hydroxylation is 1. The molecule has 1 aromatic rings. The van der Waals surface area contributed by atoms with Crippen LogP contribution in [0, 0.1) is 11.8 Å². The number of rotatable bonds is 11. The van der Waals surface area contributed by atoms with Crippen molar-refractivity contribution in [2.24, 2.45) is 11.8 Å². The lowest BCUT2D eigenvalue weighted by Gasteiger charge is -2.40. The maximum absolute atomic E-state index is 11.0. The number of nitrogens with zero attached hydrogens (tertiary/aromatic N) is 1. The van der Waals surface area contributed by atoms with Crippen LogP contribution >= 0.6 is 0 Å². The van der Waals surface area contributed by atoms with Gasteiger partial charge < -0.3 is 15.2 Å². The molecule has 162 valence electrons. The van der Waals surface area contributed by atoms with Crippen molar-refractivity contribution in [2.75, 3.05) is 26.7 Å². The highest BCUT2D eigenvalue weighted by Gasteiger charge is 2.33. The second-order valence-electron chi connectivity index (χ2n) is 9.08. The molecule has 0 radical (unpaired) electrons. The monoisotopic (exact) mass is 402 g/mol. The van der Waals surface area contributed by atoms with E-state index in [9.17, 15) is 4.79 Å². The third kappa shape index (κ3) is 6.45. The summed E-state index contributed by atoms with van der Waals surface area (Å²) in [5.74, 6) is 1.77. The summed E-state index contributed by atoms with van der Waals surface area (Å²) in [6, 6.07) is 6.63. The quantitative estimate of drug-likeness (QED) is 0.552. The molecule has 1 saturated heterocycles. The smallest absolute Gasteiger partial charge is 0.320 e. The summed E-state index contributed by atoms with van der Waals surface area (Å²) in [7, 11) is 1.72. The van der Waals surface area contributed by atoms with Crippen LogP contribution in [0.15, 0.2) is 18.2 Å². The molecule has 5 heteroatoms. The van der Waals surface area contributed by atoms with Crippen LogP contribution in [0.5, 0.6) is 5.75 Å². The Labute approximate surface area is 175 Å². The summed E-state index contributed by atoms with van der Waals surface area (Å²) >= 11 is 0. The molecule has 2 fully saturated rings. The van der Waals surface area contributed by atoms with Gasteiger partial charge in [0.2, 0.25) is 0 Å². The molecule has 0 unspecified atom stereocenters. The number of aliphatic carboxylic acids is 1. The number of benzene rings is 1. The van der Waals surface area contributed by atoms with Crippen LogP contribution in [-0.4, -0.2) is 54.8 Å². The van der Waals surface area contributed by atoms with Crippen LogP contribution in [0.1, 0.15) is 57.1 Å². The lowest BCUT2D eigenvalue weighted by Crippen LogP contribution is -2.46. The molecule has 1 heterocycles. The van der Waals surface area contributed by atoms with E-state index in [0.717, 1.165) is 36.8 Å². The van der Waals surface area contributed by atoms with Gasteiger partial charge in [0, 0.05) is 12.6 Å². The summed E-state index contributed by atoms with van der Waals surface area (Å²) in [5, 5.41) is 12.1. The zero-order chi connectivity index (χ0) is 20.8. The van der Waals surface area contributed by atoms with Gasteiger partial charge in [0.25, 0.3) is 0 Å². The third-order valence-corrected chi connectivity index (χ3v) is 6.71. The van der Waals surface area contributed by atoms with Crippen molar-refractivity contribution in [3.63, 3.8) is 0 Å². The Kier molecular flexibility index (Phi) is 7.96. The number of carboxylic acids is 1. The lowest BCUT2D eigenvalue weighted by atomic mass is 9.85. The molecule has 1 saturated carbocycles. The van der Waals surface area contributed by atoms with Crippen LogP contribution in [0.25, 0.3) is 0 Å². The highest BCUT2D eigenvalue weighted by atomic mass is 16.5. The topological polar surface area (TPSA) is 61.8 Å². The number of nitrogens with one attached hydrogen (secondary N) is 1. The van der Waals surface area contributed by atoms with Gasteiger partial charge in [-0.15, -0.1) is 0 Å². The number of hydrogen-bond donors (Lipinski definition) is 2. The first-order chi connectivity index (χ1) is 14.0. The second kappa shape index (κ2) is 10.4. The summed E-state index contributed by atoms with van der Waals surface area (Å²) in [5.41, 5.74) is 2.77. The Bertz CT molecular complexity index is 674. The van der Waals surface area contributed by atoms with Gasteiger partial charge in [-0.2, -0.15) is 0 Å². The van der Waals surface area contributed by atoms with Crippen molar-refractivity contribution < 1.29 is 14.6 Å². The fraction of sp³-hybridized carbons (Fsp3) is 0.708. The average molecular weight is 403 g/mol. The molecule has 0 amide bonds. The molecule has 2 aliphatic rings. The largest absolute Gasteiger partial charge is 0.497 e. The molecule has 5 nitrogen and oxygen atoms in total. The van der Waals surface area contributed by atoms with Gasteiger partial charge in [0.05, 0.1) is 7.11 Å². The van der Waals surface area contributed by atoms with E-state index in [1.54, 1.807) is 14.0 Å². The SMILES string of the molecule is COc1ccc(C[C@@H]2[C@H](C)CCCN2CC2CC2)c(CCCN[C@@H](C)C(=O)O)c1. The van der Waals surface area contributed by atoms with Crippen molar-refractivity contribution >= 4 is 5.97 Å². The van der Waals surface area contributed by atoms with E-state index in [4.69, 9.17) is 9.84 Å². The number of piperidine rings is 1. The maximum Gasteiger partial charge on any atom is 0.320 e. The first-order valence-corrected chi connectivity index (χ1v) is 11.3. The lowest BCUT2D eigenvalue weighted by molar-refractivity contribution is -0.138. The van der Waals surface area contributed by atoms with Gasteiger partial charge in [-0.3, -0.25) is 9.69 Å². The van der Waals surface area contributed by atoms with Crippen molar-refractivity contribution in [3.05, 3.63) is 29.3 Å². The standard InChI is InChI=1S/C24H38N2O3/c1-17-6-5-13-26(16-19-8-9-19)23(17)15-21-10-11-22(29-3)14-20(21)7-4-12-25-18(2)24(27)28/h10-11,14,17-19,23,25H,4-9,12-13,15-16H2,1-3H3,(H,27,28)/t17-,18+,23-/m1/s1. The molecule has 2 N–H and O–H groups in total. The van der Waals surface area contributed by atoms with Gasteiger partial charge >= 0.3 is 5.97 Å². The van der Waals surface area contributed by atoms with Gasteiger partial charge in [0.1, 0.15) is 11.8 Å². The fourth-order valence-corrected chi connectivity index (χ4v) is 4.59.